The van der Waals surface area contributed by atoms with Gasteiger partial charge in [0.25, 0.3) is 0 Å². The van der Waals surface area contributed by atoms with Crippen LogP contribution in [-0.4, -0.2) is 64.8 Å². The van der Waals surface area contributed by atoms with E-state index in [-0.39, 0.29) is 30.8 Å². The molecule has 1 unspecified atom stereocenters. The number of benzene rings is 1. The monoisotopic (exact) mass is 356 g/mol. The van der Waals surface area contributed by atoms with Crippen LogP contribution in [0.2, 0.25) is 0 Å². The third kappa shape index (κ3) is 3.29. The van der Waals surface area contributed by atoms with Crippen molar-refractivity contribution in [3.63, 3.8) is 0 Å². The normalized spacial score (nSPS) is 17.4. The molecule has 1 aliphatic heterocycles. The summed E-state index contributed by atoms with van der Waals surface area (Å²) in [5.41, 5.74) is 2.00. The molecule has 7 heteroatoms. The Morgan fingerprint density at radius 3 is 2.62 bits per heavy atom. The number of aromatic nitrogens is 1. The predicted octanol–water partition coefficient (Wildman–Crippen LogP) is 0.755. The van der Waals surface area contributed by atoms with E-state index in [2.05, 4.69) is 5.32 Å². The van der Waals surface area contributed by atoms with Crippen molar-refractivity contribution in [2.24, 2.45) is 0 Å². The molecule has 3 rings (SSSR count). The third-order valence-electron chi connectivity index (χ3n) is 5.01. The van der Waals surface area contributed by atoms with Crippen molar-refractivity contribution in [2.75, 3.05) is 26.7 Å². The Morgan fingerprint density at radius 2 is 1.92 bits per heavy atom. The summed E-state index contributed by atoms with van der Waals surface area (Å²) in [7, 11) is 1.54. The lowest BCUT2D eigenvalue weighted by Crippen LogP contribution is -2.61. The average Bonchev–Trinajstić information content (AvgIpc) is 2.95. The number of nitrogens with one attached hydrogen (secondary N) is 1. The minimum atomic E-state index is -0.660. The molecule has 1 aromatic carbocycles. The smallest absolute Gasteiger partial charge is 0.244 e. The molecule has 0 aliphatic carbocycles. The Kier molecular flexibility index (Phi) is 4.97. The predicted molar refractivity (Wildman–Crippen MR) is 98.5 cm³/mol. The summed E-state index contributed by atoms with van der Waals surface area (Å²) in [6.07, 6.45) is 0. The van der Waals surface area contributed by atoms with Crippen molar-refractivity contribution in [1.82, 2.24) is 19.7 Å². The highest BCUT2D eigenvalue weighted by Gasteiger charge is 2.35. The number of amides is 3. The average molecular weight is 356 g/mol. The third-order valence-corrected chi connectivity index (χ3v) is 5.01. The van der Waals surface area contributed by atoms with Crippen LogP contribution in [0.5, 0.6) is 0 Å². The van der Waals surface area contributed by atoms with Crippen molar-refractivity contribution in [3.8, 4) is 0 Å². The lowest BCUT2D eigenvalue weighted by molar-refractivity contribution is -0.148. The van der Waals surface area contributed by atoms with Gasteiger partial charge in [-0.15, -0.1) is 0 Å². The Morgan fingerprint density at radius 1 is 1.19 bits per heavy atom. The summed E-state index contributed by atoms with van der Waals surface area (Å²) in [6.45, 7) is 4.65. The second-order valence-corrected chi connectivity index (χ2v) is 6.61. The maximum Gasteiger partial charge on any atom is 0.244 e. The topological polar surface area (TPSA) is 74.7 Å². The molecule has 1 atom stereocenters. The fourth-order valence-corrected chi connectivity index (χ4v) is 3.54. The van der Waals surface area contributed by atoms with Gasteiger partial charge in [-0.05, 0) is 24.4 Å². The standard InChI is InChI=1S/C19H24N4O3/c1-13-10-15-6-4-5-7-16(15)23(13)12-18(25)22-9-8-21(14(2)24)11-17(22)19(26)20-3/h4-7,10,17H,8-9,11-12H2,1-3H3,(H,20,26). The van der Waals surface area contributed by atoms with Crippen LogP contribution in [0.25, 0.3) is 10.9 Å². The largest absolute Gasteiger partial charge is 0.357 e. The van der Waals surface area contributed by atoms with Crippen LogP contribution in [0, 0.1) is 6.92 Å². The maximum absolute atomic E-state index is 13.0. The van der Waals surface area contributed by atoms with Gasteiger partial charge in [0, 0.05) is 38.3 Å². The van der Waals surface area contributed by atoms with Gasteiger partial charge in [-0.3, -0.25) is 14.4 Å². The van der Waals surface area contributed by atoms with E-state index in [0.717, 1.165) is 16.6 Å². The van der Waals surface area contributed by atoms with Gasteiger partial charge in [0.05, 0.1) is 6.54 Å². The highest BCUT2D eigenvalue weighted by molar-refractivity contribution is 5.90. The maximum atomic E-state index is 13.0. The van der Waals surface area contributed by atoms with Gasteiger partial charge in [0.15, 0.2) is 0 Å². The van der Waals surface area contributed by atoms with E-state index in [1.807, 2.05) is 41.8 Å². The molecule has 1 saturated heterocycles. The molecular weight excluding hydrogens is 332 g/mol. The second-order valence-electron chi connectivity index (χ2n) is 6.61. The summed E-state index contributed by atoms with van der Waals surface area (Å²) in [4.78, 5) is 40.1. The molecule has 1 aromatic heterocycles. The van der Waals surface area contributed by atoms with Gasteiger partial charge in [-0.25, -0.2) is 0 Å². The molecule has 0 bridgehead atoms. The van der Waals surface area contributed by atoms with Crippen molar-refractivity contribution < 1.29 is 14.4 Å². The van der Waals surface area contributed by atoms with Gasteiger partial charge in [0.2, 0.25) is 17.7 Å². The zero-order valence-electron chi connectivity index (χ0n) is 15.4. The van der Waals surface area contributed by atoms with Crippen LogP contribution in [0.1, 0.15) is 12.6 Å². The highest BCUT2D eigenvalue weighted by Crippen LogP contribution is 2.20. The van der Waals surface area contributed by atoms with Gasteiger partial charge in [-0.2, -0.15) is 0 Å². The summed E-state index contributed by atoms with van der Waals surface area (Å²) in [5, 5.41) is 3.69. The number of piperazine rings is 1. The minimum absolute atomic E-state index is 0.0850. The fraction of sp³-hybridized carbons (Fsp3) is 0.421. The Balaban J connectivity index is 1.84. The molecule has 7 nitrogen and oxygen atoms in total. The molecule has 1 N–H and O–H groups in total. The summed E-state index contributed by atoms with van der Waals surface area (Å²) >= 11 is 0. The zero-order chi connectivity index (χ0) is 18.8. The van der Waals surface area contributed by atoms with Crippen LogP contribution in [0.15, 0.2) is 30.3 Å². The first-order chi connectivity index (χ1) is 12.4. The molecule has 138 valence electrons. The fourth-order valence-electron chi connectivity index (χ4n) is 3.54. The second kappa shape index (κ2) is 7.19. The number of carbonyl (C=O) groups excluding carboxylic acids is 3. The van der Waals surface area contributed by atoms with E-state index in [4.69, 9.17) is 0 Å². The van der Waals surface area contributed by atoms with E-state index in [1.165, 1.54) is 6.92 Å². The van der Waals surface area contributed by atoms with Gasteiger partial charge in [0.1, 0.15) is 12.6 Å². The number of fused-ring (bicyclic) bond motifs is 1. The van der Waals surface area contributed by atoms with Crippen molar-refractivity contribution in [3.05, 3.63) is 36.0 Å². The molecule has 2 heterocycles. The van der Waals surface area contributed by atoms with E-state index in [0.29, 0.717) is 13.1 Å². The number of hydrogen-bond donors (Lipinski definition) is 1. The van der Waals surface area contributed by atoms with Crippen LogP contribution >= 0.6 is 0 Å². The number of para-hydroxylation sites is 1. The minimum Gasteiger partial charge on any atom is -0.357 e. The lowest BCUT2D eigenvalue weighted by atomic mass is 10.1. The Labute approximate surface area is 152 Å². The Bertz CT molecular complexity index is 858. The molecule has 1 aliphatic rings. The van der Waals surface area contributed by atoms with Crippen LogP contribution < -0.4 is 5.32 Å². The molecular formula is C19H24N4O3. The van der Waals surface area contributed by atoms with E-state index in [9.17, 15) is 14.4 Å². The van der Waals surface area contributed by atoms with Gasteiger partial charge in [-0.1, -0.05) is 18.2 Å². The van der Waals surface area contributed by atoms with E-state index >= 15 is 0 Å². The quantitative estimate of drug-likeness (QED) is 0.882. The van der Waals surface area contributed by atoms with Crippen molar-refractivity contribution in [1.29, 1.82) is 0 Å². The molecule has 2 aromatic rings. The lowest BCUT2D eigenvalue weighted by Gasteiger charge is -2.40. The SMILES string of the molecule is CNC(=O)C1CN(C(C)=O)CCN1C(=O)Cn1c(C)cc2ccccc21. The molecule has 3 amide bonds. The number of rotatable bonds is 3. The summed E-state index contributed by atoms with van der Waals surface area (Å²) in [6, 6.07) is 9.30. The highest BCUT2D eigenvalue weighted by atomic mass is 16.2. The van der Waals surface area contributed by atoms with Gasteiger partial charge >= 0.3 is 0 Å². The van der Waals surface area contributed by atoms with Crippen molar-refractivity contribution in [2.45, 2.75) is 26.4 Å². The van der Waals surface area contributed by atoms with E-state index in [1.54, 1.807) is 16.8 Å². The summed E-state index contributed by atoms with van der Waals surface area (Å²) < 4.78 is 1.97. The summed E-state index contributed by atoms with van der Waals surface area (Å²) in [5.74, 6) is -0.456. The van der Waals surface area contributed by atoms with Crippen LogP contribution in [0.3, 0.4) is 0 Å². The van der Waals surface area contributed by atoms with Gasteiger partial charge < -0.3 is 19.7 Å². The molecule has 0 saturated carbocycles. The Hall–Kier alpha value is -2.83. The van der Waals surface area contributed by atoms with Crippen LogP contribution in [0.4, 0.5) is 0 Å². The zero-order valence-corrected chi connectivity index (χ0v) is 15.4. The van der Waals surface area contributed by atoms with Crippen LogP contribution in [-0.2, 0) is 20.9 Å². The molecule has 0 spiro atoms. The number of aryl methyl sites for hydroxylation is 1. The number of hydrogen-bond acceptors (Lipinski definition) is 3. The molecule has 26 heavy (non-hydrogen) atoms. The molecule has 1 fully saturated rings. The number of likely N-dealkylation sites (N-methyl/N-ethyl adjacent to an activating group) is 1. The number of carbonyl (C=O) groups is 3. The first-order valence-corrected chi connectivity index (χ1v) is 8.74. The van der Waals surface area contributed by atoms with Crippen molar-refractivity contribution >= 4 is 28.6 Å². The van der Waals surface area contributed by atoms with E-state index < -0.39 is 6.04 Å². The first kappa shape index (κ1) is 18.0. The molecule has 0 radical (unpaired) electrons. The first-order valence-electron chi connectivity index (χ1n) is 8.74. The number of nitrogens with zero attached hydrogens (tertiary/aromatic N) is 3.